The Hall–Kier alpha value is -0.921. The molecule has 12 heavy (non-hydrogen) atoms. The minimum Gasteiger partial charge on any atom is -0.662 e. The second-order valence-electron chi connectivity index (χ2n) is 2.24. The van der Waals surface area contributed by atoms with Crippen molar-refractivity contribution < 1.29 is 20.1 Å². The van der Waals surface area contributed by atoms with E-state index in [4.69, 9.17) is 0 Å². The zero-order valence-corrected chi connectivity index (χ0v) is 8.66. The van der Waals surface area contributed by atoms with Gasteiger partial charge in [-0.25, -0.2) is 0 Å². The van der Waals surface area contributed by atoms with Crippen molar-refractivity contribution in [2.45, 2.75) is 0 Å². The topological polar surface area (TPSA) is 27.0 Å². The Bertz CT molecular complexity index is 316. The van der Waals surface area contributed by atoms with Gasteiger partial charge in [-0.2, -0.15) is 6.20 Å². The van der Waals surface area contributed by atoms with Crippen LogP contribution in [0.25, 0.3) is 11.4 Å². The summed E-state index contributed by atoms with van der Waals surface area (Å²) in [5.41, 5.74) is 1.86. The second-order valence-corrected chi connectivity index (χ2v) is 2.24. The molecular weight excluding hydrogens is 328 g/mol. The van der Waals surface area contributed by atoms with Crippen LogP contribution in [0.3, 0.4) is 0 Å². The van der Waals surface area contributed by atoms with Gasteiger partial charge in [0.1, 0.15) is 0 Å². The molecule has 2 rings (SSSR count). The molecule has 63 valence electrons. The number of hydrogen-bond donors (Lipinski definition) is 0. The van der Waals surface area contributed by atoms with Crippen LogP contribution in [-0.4, -0.2) is 4.98 Å². The fourth-order valence-corrected chi connectivity index (χ4v) is 0.966. The van der Waals surface area contributed by atoms with Gasteiger partial charge in [-0.1, -0.05) is 18.2 Å². The summed E-state index contributed by atoms with van der Waals surface area (Å²) >= 11 is 0. The second kappa shape index (κ2) is 4.19. The van der Waals surface area contributed by atoms with Gasteiger partial charge in [0.15, 0.2) is 0 Å². The molecule has 0 aliphatic heterocycles. The maximum absolute atomic E-state index is 4.16. The first-order chi connectivity index (χ1) is 5.47. The van der Waals surface area contributed by atoms with Gasteiger partial charge in [-0.15, -0.1) is 5.69 Å². The molecule has 0 unspecified atom stereocenters. The summed E-state index contributed by atoms with van der Waals surface area (Å²) in [5, 5.41) is 0. The van der Waals surface area contributed by atoms with Gasteiger partial charge in [-0.05, 0) is 12.1 Å². The molecule has 0 aliphatic carbocycles. The van der Waals surface area contributed by atoms with Crippen molar-refractivity contribution in [1.29, 1.82) is 0 Å². The summed E-state index contributed by atoms with van der Waals surface area (Å²) in [6.07, 6.45) is 3.54. The molecule has 2 aromatic rings. The molecule has 0 bridgehead atoms. The predicted octanol–water partition coefficient (Wildman–Crippen LogP) is 1.70. The number of nitrogens with zero attached hydrogens (tertiary/aromatic N) is 2. The number of aromatic nitrogens is 2. The molecule has 0 N–H and O–H groups in total. The van der Waals surface area contributed by atoms with Crippen molar-refractivity contribution in [1.82, 2.24) is 9.97 Å². The van der Waals surface area contributed by atoms with Crippen molar-refractivity contribution in [3.63, 3.8) is 0 Å². The predicted molar refractivity (Wildman–Crippen MR) is 43.0 cm³/mol. The van der Waals surface area contributed by atoms with Crippen molar-refractivity contribution in [3.05, 3.63) is 42.7 Å². The standard InChI is InChI=1S/C9H7N2.Ir/c1-2-6-10-8(4-1)9-5-3-7-11-9;/h1-7H;/q-1;. The Kier molecular flexibility index (Phi) is 3.20. The van der Waals surface area contributed by atoms with Crippen LogP contribution in [0.4, 0.5) is 0 Å². The summed E-state index contributed by atoms with van der Waals surface area (Å²) in [6.45, 7) is 0. The molecular formula is C9H7IrN2-. The Morgan fingerprint density at radius 2 is 2.00 bits per heavy atom. The van der Waals surface area contributed by atoms with Crippen LogP contribution in [0.2, 0.25) is 0 Å². The smallest absolute Gasteiger partial charge is 0.0482 e. The molecule has 0 saturated carbocycles. The largest absolute Gasteiger partial charge is 0.662 e. The van der Waals surface area contributed by atoms with Gasteiger partial charge < -0.3 is 4.98 Å². The zero-order valence-electron chi connectivity index (χ0n) is 6.27. The summed E-state index contributed by atoms with van der Waals surface area (Å²) < 4.78 is 0. The van der Waals surface area contributed by atoms with Crippen LogP contribution in [0.15, 0.2) is 42.7 Å². The van der Waals surface area contributed by atoms with Gasteiger partial charge >= 0.3 is 0 Å². The van der Waals surface area contributed by atoms with Crippen molar-refractivity contribution in [2.24, 2.45) is 0 Å². The first kappa shape index (κ1) is 9.17. The van der Waals surface area contributed by atoms with Crippen molar-refractivity contribution in [3.8, 4) is 11.4 Å². The fraction of sp³-hybridized carbons (Fsp3) is 0. The Morgan fingerprint density at radius 1 is 1.08 bits per heavy atom. The van der Waals surface area contributed by atoms with E-state index >= 15 is 0 Å². The number of hydrogen-bond acceptors (Lipinski definition) is 1. The van der Waals surface area contributed by atoms with E-state index in [1.165, 1.54) is 0 Å². The molecule has 0 spiro atoms. The normalized spacial score (nSPS) is 9.00. The third kappa shape index (κ3) is 1.81. The fourth-order valence-electron chi connectivity index (χ4n) is 0.966. The minimum absolute atomic E-state index is 0. The van der Waals surface area contributed by atoms with E-state index in [0.29, 0.717) is 0 Å². The third-order valence-electron chi connectivity index (χ3n) is 1.48. The van der Waals surface area contributed by atoms with Crippen LogP contribution in [0.1, 0.15) is 0 Å². The van der Waals surface area contributed by atoms with Gasteiger partial charge in [0, 0.05) is 32.0 Å². The van der Waals surface area contributed by atoms with Gasteiger partial charge in [0.25, 0.3) is 0 Å². The monoisotopic (exact) mass is 336 g/mol. The van der Waals surface area contributed by atoms with Crippen molar-refractivity contribution in [2.75, 3.05) is 0 Å². The van der Waals surface area contributed by atoms with E-state index in [1.807, 2.05) is 30.3 Å². The average Bonchev–Trinajstić information content (AvgIpc) is 2.58. The zero-order chi connectivity index (χ0) is 7.52. The van der Waals surface area contributed by atoms with Crippen LogP contribution in [-0.2, 0) is 20.1 Å². The third-order valence-corrected chi connectivity index (χ3v) is 1.48. The van der Waals surface area contributed by atoms with Gasteiger partial charge in [0.2, 0.25) is 0 Å². The van der Waals surface area contributed by atoms with E-state index in [9.17, 15) is 0 Å². The number of pyridine rings is 1. The van der Waals surface area contributed by atoms with E-state index in [-0.39, 0.29) is 20.1 Å². The molecule has 0 fully saturated rings. The quantitative estimate of drug-likeness (QED) is 0.793. The molecule has 0 saturated heterocycles. The molecule has 0 aliphatic rings. The summed E-state index contributed by atoms with van der Waals surface area (Å²) in [7, 11) is 0. The molecule has 1 radical (unpaired) electrons. The molecule has 0 aromatic carbocycles. The number of rotatable bonds is 1. The molecule has 0 atom stereocenters. The summed E-state index contributed by atoms with van der Waals surface area (Å²) in [5.74, 6) is 0. The first-order valence-electron chi connectivity index (χ1n) is 3.46. The van der Waals surface area contributed by atoms with Gasteiger partial charge in [-0.3, -0.25) is 4.98 Å². The van der Waals surface area contributed by atoms with Gasteiger partial charge in [0.05, 0.1) is 0 Å². The van der Waals surface area contributed by atoms with Crippen LogP contribution in [0, 0.1) is 0 Å². The molecule has 2 nitrogen and oxygen atoms in total. The average molecular weight is 335 g/mol. The maximum Gasteiger partial charge on any atom is 0.0482 e. The molecule has 2 heterocycles. The van der Waals surface area contributed by atoms with E-state index in [1.54, 1.807) is 12.4 Å². The minimum atomic E-state index is 0. The van der Waals surface area contributed by atoms with E-state index in [2.05, 4.69) is 9.97 Å². The maximum atomic E-state index is 4.16. The molecule has 2 aromatic heterocycles. The summed E-state index contributed by atoms with van der Waals surface area (Å²) in [4.78, 5) is 8.28. The molecule has 3 heteroatoms. The van der Waals surface area contributed by atoms with Crippen LogP contribution in [0.5, 0.6) is 0 Å². The first-order valence-corrected chi connectivity index (χ1v) is 3.46. The van der Waals surface area contributed by atoms with Crippen molar-refractivity contribution >= 4 is 0 Å². The van der Waals surface area contributed by atoms with E-state index in [0.717, 1.165) is 11.4 Å². The molecule has 0 amide bonds. The summed E-state index contributed by atoms with van der Waals surface area (Å²) in [6, 6.07) is 9.65. The van der Waals surface area contributed by atoms with Crippen LogP contribution >= 0.6 is 0 Å². The Labute approximate surface area is 84.4 Å². The van der Waals surface area contributed by atoms with Crippen LogP contribution < -0.4 is 4.98 Å². The SMILES string of the molecule is [Ir].c1ccc(-c2ccc[n-]2)nc1. The Balaban J connectivity index is 0.000000720. The Morgan fingerprint density at radius 3 is 2.58 bits per heavy atom. The van der Waals surface area contributed by atoms with E-state index < -0.39 is 0 Å².